The van der Waals surface area contributed by atoms with E-state index in [-0.39, 0.29) is 11.6 Å². The highest BCUT2D eigenvalue weighted by Crippen LogP contribution is 2.27. The summed E-state index contributed by atoms with van der Waals surface area (Å²) in [6.45, 7) is 1.82. The first-order valence-electron chi connectivity index (χ1n) is 8.40. The molecule has 1 amide bonds. The van der Waals surface area contributed by atoms with Gasteiger partial charge < -0.3 is 0 Å². The Morgan fingerprint density at radius 3 is 2.30 bits per heavy atom. The average molecular weight is 372 g/mol. The van der Waals surface area contributed by atoms with Crippen LogP contribution in [0.1, 0.15) is 16.2 Å². The summed E-state index contributed by atoms with van der Waals surface area (Å²) < 4.78 is 0. The van der Waals surface area contributed by atoms with Crippen LogP contribution in [0.15, 0.2) is 72.4 Å². The lowest BCUT2D eigenvalue weighted by Gasteiger charge is -2.03. The van der Waals surface area contributed by atoms with Gasteiger partial charge in [-0.25, -0.2) is 9.97 Å². The van der Waals surface area contributed by atoms with Gasteiger partial charge in [0, 0.05) is 17.1 Å². The van der Waals surface area contributed by atoms with Gasteiger partial charge in [-0.1, -0.05) is 54.6 Å². The van der Waals surface area contributed by atoms with E-state index >= 15 is 0 Å². The van der Waals surface area contributed by atoms with Gasteiger partial charge in [-0.2, -0.15) is 0 Å². The molecule has 0 spiro atoms. The molecule has 0 bridgehead atoms. The zero-order chi connectivity index (χ0) is 18.6. The Morgan fingerprint density at radius 2 is 1.59 bits per heavy atom. The molecule has 5 nitrogen and oxygen atoms in total. The summed E-state index contributed by atoms with van der Waals surface area (Å²) in [6.07, 6.45) is 3.03. The molecule has 0 unspecified atom stereocenters. The van der Waals surface area contributed by atoms with Crippen LogP contribution < -0.4 is 5.32 Å². The van der Waals surface area contributed by atoms with Crippen molar-refractivity contribution < 1.29 is 4.79 Å². The second-order valence-corrected chi connectivity index (χ2v) is 6.84. The number of thiazole rings is 1. The highest BCUT2D eigenvalue weighted by atomic mass is 32.1. The normalized spacial score (nSPS) is 10.6. The lowest BCUT2D eigenvalue weighted by molar-refractivity contribution is 0.102. The summed E-state index contributed by atoms with van der Waals surface area (Å²) >= 11 is 1.38. The minimum atomic E-state index is -0.317. The van der Waals surface area contributed by atoms with E-state index in [0.717, 1.165) is 22.5 Å². The van der Waals surface area contributed by atoms with E-state index in [4.69, 9.17) is 0 Å². The van der Waals surface area contributed by atoms with Crippen molar-refractivity contribution in [2.24, 2.45) is 0 Å². The zero-order valence-corrected chi connectivity index (χ0v) is 15.4. The summed E-state index contributed by atoms with van der Waals surface area (Å²) in [5, 5.41) is 5.23. The molecular weight excluding hydrogens is 356 g/mol. The Balaban J connectivity index is 1.49. The number of nitrogens with zero attached hydrogens (tertiary/aromatic N) is 3. The highest BCUT2D eigenvalue weighted by molar-refractivity contribution is 7.14. The molecule has 6 heteroatoms. The predicted molar refractivity (Wildman–Crippen MR) is 108 cm³/mol. The second-order valence-electron chi connectivity index (χ2n) is 5.98. The Labute approximate surface area is 160 Å². The van der Waals surface area contributed by atoms with Gasteiger partial charge in [0.25, 0.3) is 5.91 Å². The van der Waals surface area contributed by atoms with E-state index in [1.165, 1.54) is 23.1 Å². The number of rotatable bonds is 4. The van der Waals surface area contributed by atoms with Gasteiger partial charge in [0.15, 0.2) is 5.13 Å². The monoisotopic (exact) mass is 372 g/mol. The zero-order valence-electron chi connectivity index (χ0n) is 14.6. The molecule has 132 valence electrons. The van der Waals surface area contributed by atoms with Crippen molar-refractivity contribution in [3.05, 3.63) is 83.8 Å². The first kappa shape index (κ1) is 17.1. The SMILES string of the molecule is Cc1cnc(C(=O)Nc2nc(-c3ccc(-c4ccccc4)cc3)cs2)cn1. The molecule has 2 heterocycles. The molecule has 0 saturated carbocycles. The summed E-state index contributed by atoms with van der Waals surface area (Å²) in [7, 11) is 0. The van der Waals surface area contributed by atoms with Crippen LogP contribution in [0.4, 0.5) is 5.13 Å². The summed E-state index contributed by atoms with van der Waals surface area (Å²) in [5.41, 5.74) is 5.19. The topological polar surface area (TPSA) is 67.8 Å². The van der Waals surface area contributed by atoms with Crippen LogP contribution in [0.3, 0.4) is 0 Å². The van der Waals surface area contributed by atoms with E-state index in [0.29, 0.717) is 5.13 Å². The lowest BCUT2D eigenvalue weighted by Crippen LogP contribution is -2.13. The van der Waals surface area contributed by atoms with Crippen molar-refractivity contribution >= 4 is 22.4 Å². The Bertz CT molecular complexity index is 1060. The van der Waals surface area contributed by atoms with Crippen molar-refractivity contribution in [3.63, 3.8) is 0 Å². The van der Waals surface area contributed by atoms with E-state index in [2.05, 4.69) is 44.5 Å². The number of amides is 1. The molecule has 0 saturated heterocycles. The molecule has 0 atom stereocenters. The van der Waals surface area contributed by atoms with Crippen LogP contribution in [-0.2, 0) is 0 Å². The number of hydrogen-bond donors (Lipinski definition) is 1. The molecule has 0 fully saturated rings. The van der Waals surface area contributed by atoms with Crippen LogP contribution in [0.2, 0.25) is 0 Å². The number of carbonyl (C=O) groups excluding carboxylic acids is 1. The summed E-state index contributed by atoms with van der Waals surface area (Å²) in [4.78, 5) is 24.9. The minimum absolute atomic E-state index is 0.268. The number of nitrogens with one attached hydrogen (secondary N) is 1. The van der Waals surface area contributed by atoms with E-state index in [9.17, 15) is 4.79 Å². The van der Waals surface area contributed by atoms with Gasteiger partial charge in [0.05, 0.1) is 17.6 Å². The molecule has 0 aliphatic carbocycles. The van der Waals surface area contributed by atoms with Crippen molar-refractivity contribution in [2.45, 2.75) is 6.92 Å². The summed E-state index contributed by atoms with van der Waals surface area (Å²) in [6, 6.07) is 18.4. The van der Waals surface area contributed by atoms with Crippen LogP contribution in [-0.4, -0.2) is 20.9 Å². The molecule has 27 heavy (non-hydrogen) atoms. The van der Waals surface area contributed by atoms with Crippen molar-refractivity contribution in [2.75, 3.05) is 5.32 Å². The van der Waals surface area contributed by atoms with Gasteiger partial charge in [-0.05, 0) is 18.1 Å². The number of anilines is 1. The van der Waals surface area contributed by atoms with Crippen LogP contribution >= 0.6 is 11.3 Å². The first-order valence-corrected chi connectivity index (χ1v) is 9.28. The Kier molecular flexibility index (Phi) is 4.72. The smallest absolute Gasteiger partial charge is 0.277 e. The standard InChI is InChI=1S/C21H16N4OS/c1-14-11-23-18(12-22-14)20(26)25-21-24-19(13-27-21)17-9-7-16(8-10-17)15-5-3-2-4-6-15/h2-13H,1H3,(H,24,25,26). The van der Waals surface area contributed by atoms with Crippen molar-refractivity contribution in [1.29, 1.82) is 0 Å². The number of carbonyl (C=O) groups is 1. The maximum absolute atomic E-state index is 12.2. The van der Waals surface area contributed by atoms with Crippen molar-refractivity contribution in [3.8, 4) is 22.4 Å². The summed E-state index contributed by atoms with van der Waals surface area (Å²) in [5.74, 6) is -0.317. The first-order chi connectivity index (χ1) is 13.2. The average Bonchev–Trinajstić information content (AvgIpc) is 3.18. The fourth-order valence-corrected chi connectivity index (χ4v) is 3.31. The predicted octanol–water partition coefficient (Wildman–Crippen LogP) is 4.83. The third kappa shape index (κ3) is 3.91. The largest absolute Gasteiger partial charge is 0.296 e. The van der Waals surface area contributed by atoms with Gasteiger partial charge in [-0.3, -0.25) is 15.1 Å². The molecule has 0 radical (unpaired) electrons. The third-order valence-corrected chi connectivity index (χ3v) is 4.78. The van der Waals surface area contributed by atoms with Crippen LogP contribution in [0.5, 0.6) is 0 Å². The van der Waals surface area contributed by atoms with E-state index < -0.39 is 0 Å². The number of aryl methyl sites for hydroxylation is 1. The number of aromatic nitrogens is 3. The molecule has 2 aromatic carbocycles. The van der Waals surface area contributed by atoms with Gasteiger partial charge in [0.2, 0.25) is 0 Å². The van der Waals surface area contributed by atoms with E-state index in [1.807, 2.05) is 42.6 Å². The van der Waals surface area contributed by atoms with E-state index in [1.54, 1.807) is 6.20 Å². The van der Waals surface area contributed by atoms with Crippen LogP contribution in [0.25, 0.3) is 22.4 Å². The molecular formula is C21H16N4OS. The maximum atomic E-state index is 12.2. The quantitative estimate of drug-likeness (QED) is 0.557. The molecule has 4 aromatic rings. The van der Waals surface area contributed by atoms with Gasteiger partial charge >= 0.3 is 0 Å². The molecule has 4 rings (SSSR count). The lowest BCUT2D eigenvalue weighted by atomic mass is 10.0. The molecule has 2 aromatic heterocycles. The number of hydrogen-bond acceptors (Lipinski definition) is 5. The fourth-order valence-electron chi connectivity index (χ4n) is 2.60. The molecule has 0 aliphatic heterocycles. The molecule has 0 aliphatic rings. The van der Waals surface area contributed by atoms with Crippen molar-refractivity contribution in [1.82, 2.24) is 15.0 Å². The number of benzene rings is 2. The van der Waals surface area contributed by atoms with Gasteiger partial charge in [0.1, 0.15) is 5.69 Å². The molecule has 1 N–H and O–H groups in total. The Hall–Kier alpha value is -3.38. The highest BCUT2D eigenvalue weighted by Gasteiger charge is 2.11. The van der Waals surface area contributed by atoms with Crippen LogP contribution in [0, 0.1) is 6.92 Å². The Morgan fingerprint density at radius 1 is 0.889 bits per heavy atom. The minimum Gasteiger partial charge on any atom is -0.296 e. The third-order valence-electron chi connectivity index (χ3n) is 4.03. The van der Waals surface area contributed by atoms with Gasteiger partial charge in [-0.15, -0.1) is 11.3 Å². The maximum Gasteiger partial charge on any atom is 0.277 e. The fraction of sp³-hybridized carbons (Fsp3) is 0.0476. The second kappa shape index (κ2) is 7.47.